The highest BCUT2D eigenvalue weighted by Gasteiger charge is 2.69. The molecule has 2 aromatic rings. The highest BCUT2D eigenvalue weighted by atomic mass is 79.9. The van der Waals surface area contributed by atoms with Crippen molar-refractivity contribution in [1.29, 1.82) is 0 Å². The van der Waals surface area contributed by atoms with Crippen LogP contribution >= 0.6 is 43.5 Å². The molecule has 24 heavy (non-hydrogen) atoms. The molecule has 7 heteroatoms. The van der Waals surface area contributed by atoms with Gasteiger partial charge >= 0.3 is 0 Å². The summed E-state index contributed by atoms with van der Waals surface area (Å²) < 4.78 is 1.54. The van der Waals surface area contributed by atoms with Crippen molar-refractivity contribution in [1.82, 2.24) is 0 Å². The van der Waals surface area contributed by atoms with Crippen molar-refractivity contribution in [3.8, 4) is 0 Å². The van der Waals surface area contributed by atoms with Crippen molar-refractivity contribution >= 4 is 66.6 Å². The monoisotopic (exact) mass is 468 g/mol. The molecule has 1 fully saturated rings. The molecule has 4 nitrogen and oxygen atoms in total. The molecule has 1 N–H and O–H groups in total. The Balaban J connectivity index is 1.95. The van der Waals surface area contributed by atoms with Crippen LogP contribution < -0.4 is 10.2 Å². The van der Waals surface area contributed by atoms with Gasteiger partial charge in [0.1, 0.15) is 5.38 Å². The van der Waals surface area contributed by atoms with Crippen LogP contribution in [0.25, 0.3) is 0 Å². The van der Waals surface area contributed by atoms with Gasteiger partial charge in [0.2, 0.25) is 5.91 Å². The Hall–Kier alpha value is -1.37. The number of nitrogens with zero attached hydrogens (tertiary/aromatic N) is 1. The minimum Gasteiger partial charge on any atom is -0.322 e. The number of anilines is 2. The van der Waals surface area contributed by atoms with Crippen LogP contribution in [0.2, 0.25) is 0 Å². The third-order valence-corrected chi connectivity index (χ3v) is 6.08. The van der Waals surface area contributed by atoms with E-state index in [0.29, 0.717) is 16.9 Å². The number of halogens is 3. The quantitative estimate of drug-likeness (QED) is 0.499. The molecule has 122 valence electrons. The number of aryl methyl sites for hydroxylation is 1. The first-order valence-electron chi connectivity index (χ1n) is 7.23. The predicted molar refractivity (Wildman–Crippen MR) is 100 cm³/mol. The summed E-state index contributed by atoms with van der Waals surface area (Å²) in [7, 11) is 0. The van der Waals surface area contributed by atoms with Crippen LogP contribution in [0, 0.1) is 6.92 Å². The minimum absolute atomic E-state index is 0.278. The standard InChI is InChI=1S/C17H11Br2ClN2O2/c1-8-2-4-10(5-3-8)22-15(23)14(20)17(22)11-6-9(18)7-12(19)13(11)21-16(17)24/h2-7,14H,1H3,(H,21,24). The lowest BCUT2D eigenvalue weighted by atomic mass is 9.77. The summed E-state index contributed by atoms with van der Waals surface area (Å²) in [6, 6.07) is 11.1. The largest absolute Gasteiger partial charge is 0.322 e. The van der Waals surface area contributed by atoms with Gasteiger partial charge in [0.25, 0.3) is 5.91 Å². The van der Waals surface area contributed by atoms with Crippen molar-refractivity contribution in [2.75, 3.05) is 10.2 Å². The van der Waals surface area contributed by atoms with E-state index in [-0.39, 0.29) is 11.8 Å². The molecule has 2 unspecified atom stereocenters. The Kier molecular flexibility index (Phi) is 3.57. The highest BCUT2D eigenvalue weighted by Crippen LogP contribution is 2.55. The normalized spacial score (nSPS) is 24.8. The minimum atomic E-state index is -1.23. The number of rotatable bonds is 1. The van der Waals surface area contributed by atoms with Crippen LogP contribution in [0.1, 0.15) is 11.1 Å². The average Bonchev–Trinajstić information content (AvgIpc) is 2.84. The average molecular weight is 471 g/mol. The van der Waals surface area contributed by atoms with E-state index in [1.165, 1.54) is 4.90 Å². The maximum atomic E-state index is 12.9. The molecule has 1 spiro atoms. The van der Waals surface area contributed by atoms with Gasteiger partial charge in [0.15, 0.2) is 5.54 Å². The van der Waals surface area contributed by atoms with Gasteiger partial charge in [-0.2, -0.15) is 0 Å². The number of hydrogen-bond donors (Lipinski definition) is 1. The number of alkyl halides is 1. The van der Waals surface area contributed by atoms with Crippen LogP contribution in [0.15, 0.2) is 45.3 Å². The number of carbonyl (C=O) groups excluding carboxylic acids is 2. The van der Waals surface area contributed by atoms with Crippen molar-refractivity contribution in [2.45, 2.75) is 17.8 Å². The summed E-state index contributed by atoms with van der Waals surface area (Å²) >= 11 is 13.3. The molecule has 4 rings (SSSR count). The molecular formula is C17H11Br2ClN2O2. The molecule has 0 saturated carbocycles. The summed E-state index contributed by atoms with van der Waals surface area (Å²) in [6.07, 6.45) is 0. The van der Waals surface area contributed by atoms with Gasteiger partial charge < -0.3 is 5.32 Å². The van der Waals surface area contributed by atoms with Gasteiger partial charge in [0.05, 0.1) is 5.69 Å². The molecule has 2 aliphatic heterocycles. The van der Waals surface area contributed by atoms with Crippen molar-refractivity contribution in [2.24, 2.45) is 0 Å². The molecule has 2 amide bonds. The lowest BCUT2D eigenvalue weighted by Crippen LogP contribution is -2.73. The van der Waals surface area contributed by atoms with Gasteiger partial charge in [-0.25, -0.2) is 0 Å². The zero-order valence-electron chi connectivity index (χ0n) is 12.4. The predicted octanol–water partition coefficient (Wildman–Crippen LogP) is 4.32. The molecule has 2 aromatic carbocycles. The van der Waals surface area contributed by atoms with Crippen molar-refractivity contribution in [3.63, 3.8) is 0 Å². The van der Waals surface area contributed by atoms with Crippen LogP contribution in [-0.4, -0.2) is 17.2 Å². The number of nitrogens with one attached hydrogen (secondary N) is 1. The number of carbonyl (C=O) groups is 2. The van der Waals surface area contributed by atoms with E-state index in [1.54, 1.807) is 0 Å². The van der Waals surface area contributed by atoms with Gasteiger partial charge in [-0.05, 0) is 47.1 Å². The maximum absolute atomic E-state index is 12.9. The number of amides is 2. The molecule has 0 aromatic heterocycles. The zero-order valence-corrected chi connectivity index (χ0v) is 16.4. The summed E-state index contributed by atoms with van der Waals surface area (Å²) in [5.41, 5.74) is 1.84. The fraction of sp³-hybridized carbons (Fsp3) is 0.176. The maximum Gasteiger partial charge on any atom is 0.257 e. The van der Waals surface area contributed by atoms with Crippen LogP contribution in [0.3, 0.4) is 0 Å². The first-order chi connectivity index (χ1) is 11.4. The van der Waals surface area contributed by atoms with Crippen LogP contribution in [0.4, 0.5) is 11.4 Å². The van der Waals surface area contributed by atoms with E-state index >= 15 is 0 Å². The summed E-state index contributed by atoms with van der Waals surface area (Å²) in [5, 5.41) is 1.92. The first-order valence-corrected chi connectivity index (χ1v) is 9.25. The number of hydrogen-bond acceptors (Lipinski definition) is 2. The van der Waals surface area contributed by atoms with E-state index in [4.69, 9.17) is 11.6 Å². The van der Waals surface area contributed by atoms with Crippen molar-refractivity contribution in [3.05, 3.63) is 56.5 Å². The second-order valence-electron chi connectivity index (χ2n) is 5.90. The lowest BCUT2D eigenvalue weighted by molar-refractivity contribution is -0.136. The van der Waals surface area contributed by atoms with Gasteiger partial charge in [-0.1, -0.05) is 33.6 Å². The number of β-lactam (4-membered cyclic amide) rings is 1. The van der Waals surface area contributed by atoms with Gasteiger partial charge in [-0.3, -0.25) is 14.5 Å². The van der Waals surface area contributed by atoms with E-state index in [1.807, 2.05) is 43.3 Å². The Labute approximate surface area is 160 Å². The second kappa shape index (κ2) is 5.31. The Morgan fingerprint density at radius 1 is 1.17 bits per heavy atom. The van der Waals surface area contributed by atoms with Gasteiger partial charge in [0, 0.05) is 20.2 Å². The molecule has 1 saturated heterocycles. The SMILES string of the molecule is Cc1ccc(N2C(=O)C(Cl)C23C(=O)Nc2c(Br)cc(Br)cc23)cc1. The molecule has 0 radical (unpaired) electrons. The van der Waals surface area contributed by atoms with E-state index in [0.717, 1.165) is 14.5 Å². The molecule has 0 bridgehead atoms. The topological polar surface area (TPSA) is 49.4 Å². The molecule has 0 aliphatic carbocycles. The van der Waals surface area contributed by atoms with Crippen molar-refractivity contribution < 1.29 is 9.59 Å². The van der Waals surface area contributed by atoms with E-state index in [9.17, 15) is 9.59 Å². The Bertz CT molecular complexity index is 900. The zero-order chi connectivity index (χ0) is 17.2. The van der Waals surface area contributed by atoms with Crippen LogP contribution in [0.5, 0.6) is 0 Å². The first kappa shape index (κ1) is 16.1. The summed E-state index contributed by atoms with van der Waals surface area (Å²) in [6.45, 7) is 1.97. The fourth-order valence-electron chi connectivity index (χ4n) is 3.34. The number of benzene rings is 2. The Morgan fingerprint density at radius 2 is 1.83 bits per heavy atom. The second-order valence-corrected chi connectivity index (χ2v) is 8.11. The molecule has 2 heterocycles. The highest BCUT2D eigenvalue weighted by molar-refractivity contribution is 9.11. The third kappa shape index (κ3) is 1.90. The molecule has 2 aliphatic rings. The Morgan fingerprint density at radius 3 is 2.50 bits per heavy atom. The summed E-state index contributed by atoms with van der Waals surface area (Å²) in [5.74, 6) is -0.573. The smallest absolute Gasteiger partial charge is 0.257 e. The fourth-order valence-corrected chi connectivity index (χ4v) is 5.08. The molecular weight excluding hydrogens is 459 g/mol. The number of fused-ring (bicyclic) bond motifs is 2. The van der Waals surface area contributed by atoms with Gasteiger partial charge in [-0.15, -0.1) is 11.6 Å². The van der Waals surface area contributed by atoms with E-state index < -0.39 is 10.9 Å². The van der Waals surface area contributed by atoms with Crippen LogP contribution in [-0.2, 0) is 15.1 Å². The molecule has 2 atom stereocenters. The summed E-state index contributed by atoms with van der Waals surface area (Å²) in [4.78, 5) is 26.9. The van der Waals surface area contributed by atoms with E-state index in [2.05, 4.69) is 37.2 Å². The third-order valence-electron chi connectivity index (χ3n) is 4.50. The lowest BCUT2D eigenvalue weighted by Gasteiger charge is -2.51.